The minimum Gasteiger partial charge on any atom is -0.399 e. The van der Waals surface area contributed by atoms with Gasteiger partial charge in [-0.2, -0.15) is 5.26 Å². The lowest BCUT2D eigenvalue weighted by molar-refractivity contribution is 0.0792. The van der Waals surface area contributed by atoms with Gasteiger partial charge in [0.2, 0.25) is 0 Å². The molecule has 0 bridgehead atoms. The van der Waals surface area contributed by atoms with E-state index in [0.29, 0.717) is 24.3 Å². The summed E-state index contributed by atoms with van der Waals surface area (Å²) in [5.74, 6) is -0.224. The van der Waals surface area contributed by atoms with E-state index < -0.39 is 0 Å². The molecule has 78 valence electrons. The van der Waals surface area contributed by atoms with Crippen molar-refractivity contribution in [3.05, 3.63) is 24.0 Å². The number of nitrogens with zero attached hydrogens (tertiary/aromatic N) is 3. The zero-order valence-electron chi connectivity index (χ0n) is 8.47. The number of rotatable bonds is 3. The Hall–Kier alpha value is -2.09. The van der Waals surface area contributed by atoms with Gasteiger partial charge in [-0.3, -0.25) is 9.78 Å². The van der Waals surface area contributed by atoms with Gasteiger partial charge in [0, 0.05) is 25.5 Å². The van der Waals surface area contributed by atoms with Crippen LogP contribution in [0, 0.1) is 11.3 Å². The Kier molecular flexibility index (Phi) is 3.63. The number of hydrogen-bond acceptors (Lipinski definition) is 4. The summed E-state index contributed by atoms with van der Waals surface area (Å²) in [7, 11) is 1.63. The maximum Gasteiger partial charge on any atom is 0.272 e. The summed E-state index contributed by atoms with van der Waals surface area (Å²) in [6.45, 7) is 0.395. The van der Waals surface area contributed by atoms with Crippen LogP contribution in [0.3, 0.4) is 0 Å². The van der Waals surface area contributed by atoms with Gasteiger partial charge >= 0.3 is 0 Å². The highest BCUT2D eigenvalue weighted by Crippen LogP contribution is 2.05. The molecule has 1 amide bonds. The van der Waals surface area contributed by atoms with Crippen molar-refractivity contribution in [2.24, 2.45) is 0 Å². The van der Waals surface area contributed by atoms with Gasteiger partial charge in [0.25, 0.3) is 5.91 Å². The first-order valence-corrected chi connectivity index (χ1v) is 4.49. The number of aromatic nitrogens is 1. The second kappa shape index (κ2) is 4.96. The first-order valence-electron chi connectivity index (χ1n) is 4.49. The highest BCUT2D eigenvalue weighted by molar-refractivity contribution is 5.92. The molecule has 1 heterocycles. The number of carbonyl (C=O) groups excluding carboxylic acids is 1. The average molecular weight is 204 g/mol. The Morgan fingerprint density at radius 3 is 3.07 bits per heavy atom. The smallest absolute Gasteiger partial charge is 0.272 e. The van der Waals surface area contributed by atoms with Crippen molar-refractivity contribution in [3.63, 3.8) is 0 Å². The van der Waals surface area contributed by atoms with Gasteiger partial charge < -0.3 is 10.6 Å². The molecule has 0 aliphatic rings. The summed E-state index contributed by atoms with van der Waals surface area (Å²) in [6, 6.07) is 5.11. The molecular formula is C10H12N4O. The molecule has 0 aromatic carbocycles. The minimum atomic E-state index is -0.224. The summed E-state index contributed by atoms with van der Waals surface area (Å²) >= 11 is 0. The second-order valence-corrected chi connectivity index (χ2v) is 3.11. The fourth-order valence-corrected chi connectivity index (χ4v) is 1.08. The van der Waals surface area contributed by atoms with Gasteiger partial charge in [-0.15, -0.1) is 0 Å². The number of amides is 1. The number of carbonyl (C=O) groups is 1. The Balaban J connectivity index is 2.72. The standard InChI is InChI=1S/C10H12N4O/c1-14(6-2-4-11)10(15)9-7-8(12)3-5-13-9/h3,5,7H,2,6H2,1H3,(H2,12,13). The number of nitrogen functional groups attached to an aromatic ring is 1. The Morgan fingerprint density at radius 2 is 2.47 bits per heavy atom. The maximum absolute atomic E-state index is 11.7. The van der Waals surface area contributed by atoms with E-state index in [0.717, 1.165) is 0 Å². The van der Waals surface area contributed by atoms with Crippen molar-refractivity contribution in [1.82, 2.24) is 9.88 Å². The number of anilines is 1. The first-order chi connectivity index (χ1) is 7.15. The molecule has 2 N–H and O–H groups in total. The Bertz CT molecular complexity index is 397. The summed E-state index contributed by atoms with van der Waals surface area (Å²) < 4.78 is 0. The van der Waals surface area contributed by atoms with Crippen LogP contribution in [-0.2, 0) is 0 Å². The average Bonchev–Trinajstić information content (AvgIpc) is 2.24. The number of nitrogens with two attached hydrogens (primary N) is 1. The largest absolute Gasteiger partial charge is 0.399 e. The van der Waals surface area contributed by atoms with Gasteiger partial charge in [-0.05, 0) is 12.1 Å². The fourth-order valence-electron chi connectivity index (χ4n) is 1.08. The third kappa shape index (κ3) is 2.95. The van der Waals surface area contributed by atoms with Crippen LogP contribution in [0.5, 0.6) is 0 Å². The van der Waals surface area contributed by atoms with Crippen molar-refractivity contribution < 1.29 is 4.79 Å². The van der Waals surface area contributed by atoms with Gasteiger partial charge in [-0.25, -0.2) is 0 Å². The van der Waals surface area contributed by atoms with E-state index in [4.69, 9.17) is 11.0 Å². The summed E-state index contributed by atoms with van der Waals surface area (Å²) in [5.41, 5.74) is 6.34. The van der Waals surface area contributed by atoms with E-state index in [1.54, 1.807) is 13.1 Å². The van der Waals surface area contributed by atoms with Crippen LogP contribution in [0.25, 0.3) is 0 Å². The molecular weight excluding hydrogens is 192 g/mol. The van der Waals surface area contributed by atoms with Crippen LogP contribution in [0.2, 0.25) is 0 Å². The molecule has 0 radical (unpaired) electrons. The van der Waals surface area contributed by atoms with Crippen molar-refractivity contribution in [2.45, 2.75) is 6.42 Å². The highest BCUT2D eigenvalue weighted by atomic mass is 16.2. The quantitative estimate of drug-likeness (QED) is 0.783. The van der Waals surface area contributed by atoms with Gasteiger partial charge in [0.1, 0.15) is 5.69 Å². The zero-order valence-corrected chi connectivity index (χ0v) is 8.47. The van der Waals surface area contributed by atoms with Crippen LogP contribution in [0.1, 0.15) is 16.9 Å². The highest BCUT2D eigenvalue weighted by Gasteiger charge is 2.12. The molecule has 0 atom stereocenters. The molecule has 0 saturated heterocycles. The van der Waals surface area contributed by atoms with Crippen LogP contribution >= 0.6 is 0 Å². The normalized spacial score (nSPS) is 9.33. The lowest BCUT2D eigenvalue weighted by Gasteiger charge is -2.14. The molecule has 15 heavy (non-hydrogen) atoms. The van der Waals surface area contributed by atoms with Gasteiger partial charge in [-0.1, -0.05) is 0 Å². The minimum absolute atomic E-state index is 0.224. The van der Waals surface area contributed by atoms with E-state index in [-0.39, 0.29) is 5.91 Å². The second-order valence-electron chi connectivity index (χ2n) is 3.11. The predicted molar refractivity (Wildman–Crippen MR) is 55.8 cm³/mol. The molecule has 0 fully saturated rings. The zero-order chi connectivity index (χ0) is 11.3. The third-order valence-electron chi connectivity index (χ3n) is 1.91. The van der Waals surface area contributed by atoms with Crippen molar-refractivity contribution in [2.75, 3.05) is 19.3 Å². The number of hydrogen-bond donors (Lipinski definition) is 1. The molecule has 1 rings (SSSR count). The van der Waals surface area contributed by atoms with E-state index in [9.17, 15) is 4.79 Å². The molecule has 0 saturated carbocycles. The number of pyridine rings is 1. The van der Waals surface area contributed by atoms with Crippen molar-refractivity contribution in [1.29, 1.82) is 5.26 Å². The summed E-state index contributed by atoms with van der Waals surface area (Å²) in [6.07, 6.45) is 1.80. The molecule has 0 unspecified atom stereocenters. The maximum atomic E-state index is 11.7. The van der Waals surface area contributed by atoms with E-state index in [2.05, 4.69) is 4.98 Å². The lowest BCUT2D eigenvalue weighted by Crippen LogP contribution is -2.28. The molecule has 5 heteroatoms. The third-order valence-corrected chi connectivity index (χ3v) is 1.91. The van der Waals surface area contributed by atoms with Crippen LogP contribution in [-0.4, -0.2) is 29.4 Å². The van der Waals surface area contributed by atoms with Gasteiger partial charge in [0.05, 0.1) is 12.5 Å². The molecule has 0 aliphatic carbocycles. The van der Waals surface area contributed by atoms with E-state index >= 15 is 0 Å². The molecule has 0 spiro atoms. The SMILES string of the molecule is CN(CCC#N)C(=O)c1cc(N)ccn1. The predicted octanol–water partition coefficient (Wildman–Crippen LogP) is 0.649. The topological polar surface area (TPSA) is 83.0 Å². The van der Waals surface area contributed by atoms with Crippen molar-refractivity contribution in [3.8, 4) is 6.07 Å². The van der Waals surface area contributed by atoms with Crippen LogP contribution in [0.15, 0.2) is 18.3 Å². The Labute approximate surface area is 88.1 Å². The Morgan fingerprint density at radius 1 is 1.73 bits per heavy atom. The van der Waals surface area contributed by atoms with Gasteiger partial charge in [0.15, 0.2) is 0 Å². The monoisotopic (exact) mass is 204 g/mol. The molecule has 1 aromatic rings. The van der Waals surface area contributed by atoms with Crippen molar-refractivity contribution >= 4 is 11.6 Å². The summed E-state index contributed by atoms with van der Waals surface area (Å²) in [5, 5.41) is 8.39. The molecule has 5 nitrogen and oxygen atoms in total. The fraction of sp³-hybridized carbons (Fsp3) is 0.300. The molecule has 1 aromatic heterocycles. The molecule has 0 aliphatic heterocycles. The van der Waals surface area contributed by atoms with E-state index in [1.165, 1.54) is 17.2 Å². The van der Waals surface area contributed by atoms with E-state index in [1.807, 2.05) is 6.07 Å². The van der Waals surface area contributed by atoms with Crippen LogP contribution in [0.4, 0.5) is 5.69 Å². The lowest BCUT2D eigenvalue weighted by atomic mass is 10.3. The van der Waals surface area contributed by atoms with Crippen LogP contribution < -0.4 is 5.73 Å². The summed E-state index contributed by atoms with van der Waals surface area (Å²) in [4.78, 5) is 17.1. The number of nitriles is 1. The first kappa shape index (κ1) is 11.0.